The summed E-state index contributed by atoms with van der Waals surface area (Å²) in [5.41, 5.74) is 2.62. The van der Waals surface area contributed by atoms with Gasteiger partial charge in [-0.1, -0.05) is 15.9 Å². The molecule has 1 aromatic carbocycles. The second kappa shape index (κ2) is 6.24. The fourth-order valence-corrected chi connectivity index (χ4v) is 2.91. The second-order valence-corrected chi connectivity index (χ2v) is 6.31. The maximum absolute atomic E-state index is 12.6. The molecule has 20 heavy (non-hydrogen) atoms. The number of halogens is 1. The molecule has 5 heteroatoms. The van der Waals surface area contributed by atoms with Crippen molar-refractivity contribution in [2.24, 2.45) is 5.41 Å². The van der Waals surface area contributed by atoms with Crippen LogP contribution < -0.4 is 10.6 Å². The molecule has 0 bridgehead atoms. The lowest BCUT2D eigenvalue weighted by atomic mass is 9.87. The third-order valence-electron chi connectivity index (χ3n) is 3.84. The highest BCUT2D eigenvalue weighted by Gasteiger charge is 2.41. The Kier molecular flexibility index (Phi) is 4.83. The van der Waals surface area contributed by atoms with E-state index in [-0.39, 0.29) is 5.91 Å². The number of aryl methyl sites for hydroxylation is 2. The van der Waals surface area contributed by atoms with E-state index in [4.69, 9.17) is 4.74 Å². The fourth-order valence-electron chi connectivity index (χ4n) is 2.68. The SMILES string of the molecule is COCC1(C(=O)Nc2cc(C)c(Br)c(C)c2)CCNC1. The average molecular weight is 341 g/mol. The number of carbonyl (C=O) groups excluding carboxylic acids is 1. The van der Waals surface area contributed by atoms with Crippen molar-refractivity contribution in [3.63, 3.8) is 0 Å². The van der Waals surface area contributed by atoms with Gasteiger partial charge in [-0.15, -0.1) is 0 Å². The number of hydrogen-bond donors (Lipinski definition) is 2. The molecule has 0 radical (unpaired) electrons. The molecule has 1 aliphatic heterocycles. The van der Waals surface area contributed by atoms with Gasteiger partial charge in [-0.25, -0.2) is 0 Å². The van der Waals surface area contributed by atoms with Gasteiger partial charge in [0.15, 0.2) is 0 Å². The Bertz CT molecular complexity index is 488. The molecule has 2 rings (SSSR count). The standard InChI is InChI=1S/C15H21BrN2O2/c1-10-6-12(7-11(2)13(10)16)18-14(19)15(9-20-3)4-5-17-8-15/h6-7,17H,4-5,8-9H2,1-3H3,(H,18,19). The number of ether oxygens (including phenoxy) is 1. The van der Waals surface area contributed by atoms with Crippen LogP contribution in [0.4, 0.5) is 5.69 Å². The van der Waals surface area contributed by atoms with Crippen LogP contribution in [0, 0.1) is 19.3 Å². The van der Waals surface area contributed by atoms with E-state index in [0.29, 0.717) is 13.2 Å². The van der Waals surface area contributed by atoms with Crippen LogP contribution in [-0.2, 0) is 9.53 Å². The van der Waals surface area contributed by atoms with E-state index in [9.17, 15) is 4.79 Å². The zero-order chi connectivity index (χ0) is 14.8. The number of methoxy groups -OCH3 is 1. The van der Waals surface area contributed by atoms with E-state index < -0.39 is 5.41 Å². The summed E-state index contributed by atoms with van der Waals surface area (Å²) in [5, 5.41) is 6.29. The first kappa shape index (κ1) is 15.5. The molecule has 1 heterocycles. The molecule has 110 valence electrons. The van der Waals surface area contributed by atoms with Crippen molar-refractivity contribution >= 4 is 27.5 Å². The van der Waals surface area contributed by atoms with E-state index in [1.807, 2.05) is 26.0 Å². The smallest absolute Gasteiger partial charge is 0.234 e. The van der Waals surface area contributed by atoms with Crippen molar-refractivity contribution in [2.75, 3.05) is 32.1 Å². The maximum Gasteiger partial charge on any atom is 0.234 e. The summed E-state index contributed by atoms with van der Waals surface area (Å²) in [6, 6.07) is 3.97. The molecule has 1 amide bonds. The number of amides is 1. The Morgan fingerprint density at radius 1 is 1.45 bits per heavy atom. The highest BCUT2D eigenvalue weighted by molar-refractivity contribution is 9.10. The molecule has 0 aliphatic carbocycles. The van der Waals surface area contributed by atoms with E-state index in [0.717, 1.165) is 34.3 Å². The van der Waals surface area contributed by atoms with E-state index in [2.05, 4.69) is 26.6 Å². The van der Waals surface area contributed by atoms with Crippen molar-refractivity contribution in [3.05, 3.63) is 27.7 Å². The summed E-state index contributed by atoms with van der Waals surface area (Å²) in [6.45, 7) is 6.01. The quantitative estimate of drug-likeness (QED) is 0.885. The minimum absolute atomic E-state index is 0.0328. The van der Waals surface area contributed by atoms with Crippen molar-refractivity contribution < 1.29 is 9.53 Å². The highest BCUT2D eigenvalue weighted by atomic mass is 79.9. The Hall–Kier alpha value is -0.910. The van der Waals surface area contributed by atoms with Gasteiger partial charge in [-0.3, -0.25) is 4.79 Å². The van der Waals surface area contributed by atoms with Crippen molar-refractivity contribution in [1.29, 1.82) is 0 Å². The van der Waals surface area contributed by atoms with Gasteiger partial charge in [0.05, 0.1) is 12.0 Å². The van der Waals surface area contributed by atoms with Crippen LogP contribution in [0.5, 0.6) is 0 Å². The van der Waals surface area contributed by atoms with Crippen LogP contribution in [-0.4, -0.2) is 32.7 Å². The average Bonchev–Trinajstić information content (AvgIpc) is 2.86. The van der Waals surface area contributed by atoms with Gasteiger partial charge in [0.25, 0.3) is 0 Å². The third kappa shape index (κ3) is 3.05. The zero-order valence-electron chi connectivity index (χ0n) is 12.2. The minimum Gasteiger partial charge on any atom is -0.384 e. The number of rotatable bonds is 4. The predicted molar refractivity (Wildman–Crippen MR) is 84.0 cm³/mol. The van der Waals surface area contributed by atoms with Gasteiger partial charge in [-0.05, 0) is 50.1 Å². The molecule has 0 aromatic heterocycles. The van der Waals surface area contributed by atoms with Crippen molar-refractivity contribution in [2.45, 2.75) is 20.3 Å². The zero-order valence-corrected chi connectivity index (χ0v) is 13.8. The molecular weight excluding hydrogens is 320 g/mol. The Morgan fingerprint density at radius 3 is 2.60 bits per heavy atom. The summed E-state index contributed by atoms with van der Waals surface area (Å²) in [7, 11) is 1.64. The van der Waals surface area contributed by atoms with E-state index in [1.165, 1.54) is 0 Å². The van der Waals surface area contributed by atoms with Crippen molar-refractivity contribution in [3.8, 4) is 0 Å². The summed E-state index contributed by atoms with van der Waals surface area (Å²) < 4.78 is 6.33. The predicted octanol–water partition coefficient (Wildman–Crippen LogP) is 2.63. The van der Waals surface area contributed by atoms with Crippen LogP contribution in [0.2, 0.25) is 0 Å². The van der Waals surface area contributed by atoms with Crippen LogP contribution >= 0.6 is 15.9 Å². The summed E-state index contributed by atoms with van der Waals surface area (Å²) in [6.07, 6.45) is 0.807. The van der Waals surface area contributed by atoms with Gasteiger partial charge in [0.1, 0.15) is 0 Å². The Labute approximate surface area is 128 Å². The molecule has 1 aliphatic rings. The number of hydrogen-bond acceptors (Lipinski definition) is 3. The van der Waals surface area contributed by atoms with Gasteiger partial charge >= 0.3 is 0 Å². The highest BCUT2D eigenvalue weighted by Crippen LogP contribution is 2.30. The lowest BCUT2D eigenvalue weighted by molar-refractivity contribution is -0.127. The van der Waals surface area contributed by atoms with E-state index in [1.54, 1.807) is 7.11 Å². The van der Waals surface area contributed by atoms with Crippen LogP contribution in [0.3, 0.4) is 0 Å². The monoisotopic (exact) mass is 340 g/mol. The first-order valence-electron chi connectivity index (χ1n) is 6.76. The lowest BCUT2D eigenvalue weighted by Crippen LogP contribution is -2.41. The maximum atomic E-state index is 12.6. The first-order valence-corrected chi connectivity index (χ1v) is 7.56. The largest absolute Gasteiger partial charge is 0.384 e. The molecule has 1 saturated heterocycles. The summed E-state index contributed by atoms with van der Waals surface area (Å²) in [5.74, 6) is 0.0328. The number of carbonyl (C=O) groups is 1. The van der Waals surface area contributed by atoms with Crippen LogP contribution in [0.15, 0.2) is 16.6 Å². The molecule has 1 atom stereocenters. The van der Waals surface area contributed by atoms with Crippen LogP contribution in [0.25, 0.3) is 0 Å². The van der Waals surface area contributed by atoms with Crippen LogP contribution in [0.1, 0.15) is 17.5 Å². The molecule has 0 saturated carbocycles. The normalized spacial score (nSPS) is 22.0. The summed E-state index contributed by atoms with van der Waals surface area (Å²) in [4.78, 5) is 12.6. The van der Waals surface area contributed by atoms with E-state index >= 15 is 0 Å². The number of nitrogens with one attached hydrogen (secondary N) is 2. The topological polar surface area (TPSA) is 50.4 Å². The third-order valence-corrected chi connectivity index (χ3v) is 5.09. The second-order valence-electron chi connectivity index (χ2n) is 5.52. The first-order chi connectivity index (χ1) is 9.48. The fraction of sp³-hybridized carbons (Fsp3) is 0.533. The molecule has 2 N–H and O–H groups in total. The lowest BCUT2D eigenvalue weighted by Gasteiger charge is -2.26. The molecule has 4 nitrogen and oxygen atoms in total. The molecule has 0 spiro atoms. The van der Waals surface area contributed by atoms with Gasteiger partial charge in [0, 0.05) is 23.8 Å². The van der Waals surface area contributed by atoms with Gasteiger partial charge < -0.3 is 15.4 Å². The van der Waals surface area contributed by atoms with Gasteiger partial charge in [-0.2, -0.15) is 0 Å². The molecule has 1 unspecified atom stereocenters. The number of benzene rings is 1. The Morgan fingerprint density at radius 2 is 2.10 bits per heavy atom. The molecular formula is C15H21BrN2O2. The summed E-state index contributed by atoms with van der Waals surface area (Å²) >= 11 is 3.54. The molecule has 1 fully saturated rings. The van der Waals surface area contributed by atoms with Crippen molar-refractivity contribution in [1.82, 2.24) is 5.32 Å². The molecule has 1 aromatic rings. The number of anilines is 1. The minimum atomic E-state index is -0.455. The van der Waals surface area contributed by atoms with Gasteiger partial charge in [0.2, 0.25) is 5.91 Å². The Balaban J connectivity index is 2.18.